The molecule has 0 aromatic heterocycles. The molecule has 3 aliphatic heterocycles. The lowest BCUT2D eigenvalue weighted by Crippen LogP contribution is -2.49. The number of carbonyl (C=O) groups excluding carboxylic acids is 1. The predicted molar refractivity (Wildman–Crippen MR) is 110 cm³/mol. The molecule has 1 spiro atoms. The summed E-state index contributed by atoms with van der Waals surface area (Å²) in [4.78, 5) is 17.0. The van der Waals surface area contributed by atoms with Crippen LogP contribution in [-0.2, 0) is 14.3 Å². The van der Waals surface area contributed by atoms with Crippen LogP contribution < -0.4 is 0 Å². The Hall–Kier alpha value is -1.69. The zero-order valence-corrected chi connectivity index (χ0v) is 16.9. The fourth-order valence-corrected chi connectivity index (χ4v) is 4.39. The molecule has 3 aliphatic rings. The van der Waals surface area contributed by atoms with Crippen molar-refractivity contribution in [3.63, 3.8) is 0 Å². The van der Waals surface area contributed by atoms with Crippen molar-refractivity contribution in [2.45, 2.75) is 38.4 Å². The first-order valence-corrected chi connectivity index (χ1v) is 10.6. The third-order valence-corrected chi connectivity index (χ3v) is 6.32. The van der Waals surface area contributed by atoms with Gasteiger partial charge >= 0.3 is 0 Å². The number of amides is 1. The number of likely N-dealkylation sites (tertiary alicyclic amines) is 2. The normalized spacial score (nSPS) is 23.7. The quantitative estimate of drug-likeness (QED) is 0.800. The van der Waals surface area contributed by atoms with Gasteiger partial charge in [0.2, 0.25) is 5.91 Å². The number of piperidine rings is 2. The molecule has 0 N–H and O–H groups in total. The Labute approximate surface area is 168 Å². The maximum atomic E-state index is 12.7. The van der Waals surface area contributed by atoms with Gasteiger partial charge in [0.15, 0.2) is 5.79 Å². The Kier molecular flexibility index (Phi) is 6.14. The number of hydrogen-bond acceptors (Lipinski definition) is 4. The van der Waals surface area contributed by atoms with Crippen LogP contribution in [0.3, 0.4) is 0 Å². The van der Waals surface area contributed by atoms with Gasteiger partial charge in [-0.25, -0.2) is 0 Å². The molecular formula is C23H32N2O3. The van der Waals surface area contributed by atoms with E-state index in [1.54, 1.807) is 0 Å². The van der Waals surface area contributed by atoms with Crippen LogP contribution in [-0.4, -0.2) is 67.4 Å². The zero-order valence-electron chi connectivity index (χ0n) is 16.9. The van der Waals surface area contributed by atoms with Crippen molar-refractivity contribution in [1.29, 1.82) is 0 Å². The molecule has 0 aliphatic carbocycles. The second-order valence-corrected chi connectivity index (χ2v) is 8.37. The molecule has 0 saturated carbocycles. The fourth-order valence-electron chi connectivity index (χ4n) is 4.39. The van der Waals surface area contributed by atoms with Crippen LogP contribution in [0, 0.1) is 12.8 Å². The van der Waals surface area contributed by atoms with E-state index in [9.17, 15) is 4.79 Å². The first-order valence-electron chi connectivity index (χ1n) is 10.6. The van der Waals surface area contributed by atoms with Crippen molar-refractivity contribution in [2.75, 3.05) is 45.9 Å². The van der Waals surface area contributed by atoms with Crippen molar-refractivity contribution >= 4 is 12.0 Å². The zero-order chi connectivity index (χ0) is 19.4. The van der Waals surface area contributed by atoms with Crippen molar-refractivity contribution in [3.8, 4) is 0 Å². The standard InChI is InChI=1S/C23H32N2O3/c1-19-2-4-20(5-3-19)6-7-21-8-12-25(13-9-21)22(26)18-24-14-10-23(11-15-24)27-16-17-28-23/h2-7,21H,8-18H2,1H3. The molecule has 3 heterocycles. The maximum Gasteiger partial charge on any atom is 0.236 e. The Morgan fingerprint density at radius 3 is 2.36 bits per heavy atom. The largest absolute Gasteiger partial charge is 0.347 e. The van der Waals surface area contributed by atoms with Crippen molar-refractivity contribution < 1.29 is 14.3 Å². The molecule has 3 saturated heterocycles. The van der Waals surface area contributed by atoms with Crippen LogP contribution in [0.25, 0.3) is 6.08 Å². The Morgan fingerprint density at radius 1 is 1.07 bits per heavy atom. The Balaban J connectivity index is 1.19. The van der Waals surface area contributed by atoms with Gasteiger partial charge in [-0.1, -0.05) is 42.0 Å². The molecule has 0 atom stereocenters. The summed E-state index contributed by atoms with van der Waals surface area (Å²) in [5.74, 6) is 0.476. The second kappa shape index (κ2) is 8.76. The molecule has 28 heavy (non-hydrogen) atoms. The molecule has 3 fully saturated rings. The van der Waals surface area contributed by atoms with Gasteiger partial charge in [0, 0.05) is 39.0 Å². The lowest BCUT2D eigenvalue weighted by atomic mass is 9.95. The highest BCUT2D eigenvalue weighted by Crippen LogP contribution is 2.31. The second-order valence-electron chi connectivity index (χ2n) is 8.37. The molecule has 0 unspecified atom stereocenters. The van der Waals surface area contributed by atoms with Crippen LogP contribution in [0.5, 0.6) is 0 Å². The first-order chi connectivity index (χ1) is 13.6. The van der Waals surface area contributed by atoms with E-state index in [2.05, 4.69) is 48.2 Å². The first kappa shape index (κ1) is 19.6. The smallest absolute Gasteiger partial charge is 0.236 e. The summed E-state index contributed by atoms with van der Waals surface area (Å²) < 4.78 is 11.5. The predicted octanol–water partition coefficient (Wildman–Crippen LogP) is 3.09. The fraction of sp³-hybridized carbons (Fsp3) is 0.609. The van der Waals surface area contributed by atoms with E-state index >= 15 is 0 Å². The average Bonchev–Trinajstić information content (AvgIpc) is 3.18. The van der Waals surface area contributed by atoms with Crippen LogP contribution in [0.4, 0.5) is 0 Å². The maximum absolute atomic E-state index is 12.7. The molecule has 5 nitrogen and oxygen atoms in total. The van der Waals surface area contributed by atoms with Crippen molar-refractivity contribution in [1.82, 2.24) is 9.80 Å². The third-order valence-electron chi connectivity index (χ3n) is 6.32. The Bertz CT molecular complexity index is 676. The van der Waals surface area contributed by atoms with E-state index in [1.165, 1.54) is 11.1 Å². The summed E-state index contributed by atoms with van der Waals surface area (Å²) in [6, 6.07) is 8.62. The number of carbonyl (C=O) groups is 1. The van der Waals surface area contributed by atoms with Crippen LogP contribution in [0.15, 0.2) is 30.3 Å². The van der Waals surface area contributed by atoms with Gasteiger partial charge in [-0.2, -0.15) is 0 Å². The molecule has 0 radical (unpaired) electrons. The summed E-state index contributed by atoms with van der Waals surface area (Å²) in [6.45, 7) is 7.53. The van der Waals surface area contributed by atoms with Gasteiger partial charge < -0.3 is 14.4 Å². The lowest BCUT2D eigenvalue weighted by molar-refractivity contribution is -0.186. The van der Waals surface area contributed by atoms with Gasteiger partial charge in [0.05, 0.1) is 19.8 Å². The molecule has 5 heteroatoms. The molecule has 152 valence electrons. The molecule has 1 aromatic carbocycles. The van der Waals surface area contributed by atoms with E-state index in [1.807, 2.05) is 4.90 Å². The number of ether oxygens (including phenoxy) is 2. The molecule has 1 aromatic rings. The minimum atomic E-state index is -0.359. The summed E-state index contributed by atoms with van der Waals surface area (Å²) in [5.41, 5.74) is 2.54. The monoisotopic (exact) mass is 384 g/mol. The van der Waals surface area contributed by atoms with Crippen LogP contribution in [0.2, 0.25) is 0 Å². The summed E-state index contributed by atoms with van der Waals surface area (Å²) in [5, 5.41) is 0. The molecule has 0 bridgehead atoms. The summed E-state index contributed by atoms with van der Waals surface area (Å²) in [6.07, 6.45) is 8.38. The SMILES string of the molecule is Cc1ccc(C=CC2CCN(C(=O)CN3CCC4(CC3)OCCO4)CC2)cc1. The van der Waals surface area contributed by atoms with E-state index in [4.69, 9.17) is 9.47 Å². The topological polar surface area (TPSA) is 42.0 Å². The van der Waals surface area contributed by atoms with E-state index in [0.717, 1.165) is 51.9 Å². The van der Waals surface area contributed by atoms with Crippen LogP contribution >= 0.6 is 0 Å². The van der Waals surface area contributed by atoms with Crippen molar-refractivity contribution in [2.24, 2.45) is 5.92 Å². The summed E-state index contributed by atoms with van der Waals surface area (Å²) in [7, 11) is 0. The number of aryl methyl sites for hydroxylation is 1. The van der Waals surface area contributed by atoms with Gasteiger partial charge in [0.25, 0.3) is 0 Å². The molecule has 1 amide bonds. The van der Waals surface area contributed by atoms with Gasteiger partial charge in [-0.05, 0) is 31.2 Å². The van der Waals surface area contributed by atoms with Crippen LogP contribution in [0.1, 0.15) is 36.8 Å². The number of allylic oxidation sites excluding steroid dienone is 1. The summed E-state index contributed by atoms with van der Waals surface area (Å²) >= 11 is 0. The van der Waals surface area contributed by atoms with E-state index < -0.39 is 0 Å². The van der Waals surface area contributed by atoms with E-state index in [-0.39, 0.29) is 11.7 Å². The van der Waals surface area contributed by atoms with Gasteiger partial charge in [-0.3, -0.25) is 9.69 Å². The van der Waals surface area contributed by atoms with Crippen molar-refractivity contribution in [3.05, 3.63) is 41.5 Å². The Morgan fingerprint density at radius 2 is 1.71 bits per heavy atom. The minimum Gasteiger partial charge on any atom is -0.347 e. The molecule has 4 rings (SSSR count). The minimum absolute atomic E-state index is 0.269. The van der Waals surface area contributed by atoms with E-state index in [0.29, 0.717) is 25.7 Å². The average molecular weight is 385 g/mol. The van der Waals surface area contributed by atoms with Gasteiger partial charge in [0.1, 0.15) is 0 Å². The highest BCUT2D eigenvalue weighted by atomic mass is 16.7. The third kappa shape index (κ3) is 4.83. The highest BCUT2D eigenvalue weighted by Gasteiger charge is 2.40. The molecular weight excluding hydrogens is 352 g/mol. The lowest BCUT2D eigenvalue weighted by Gasteiger charge is -2.38. The number of nitrogens with zero attached hydrogens (tertiary/aromatic N) is 2. The number of benzene rings is 1. The number of rotatable bonds is 4. The van der Waals surface area contributed by atoms with Gasteiger partial charge in [-0.15, -0.1) is 0 Å². The highest BCUT2D eigenvalue weighted by molar-refractivity contribution is 5.78. The number of hydrogen-bond donors (Lipinski definition) is 0.